The lowest BCUT2D eigenvalue weighted by Crippen LogP contribution is -2.40. The lowest BCUT2D eigenvalue weighted by molar-refractivity contribution is 0.434. The Morgan fingerprint density at radius 1 is 1.17 bits per heavy atom. The van der Waals surface area contributed by atoms with Crippen LogP contribution in [0.5, 0.6) is 0 Å². The van der Waals surface area contributed by atoms with Crippen LogP contribution in [-0.2, 0) is 5.41 Å². The van der Waals surface area contributed by atoms with Gasteiger partial charge in [0.1, 0.15) is 11.6 Å². The van der Waals surface area contributed by atoms with Gasteiger partial charge in [-0.1, -0.05) is 31.0 Å². The van der Waals surface area contributed by atoms with Gasteiger partial charge < -0.3 is 10.6 Å². The number of halogens is 1. The fourth-order valence-corrected chi connectivity index (χ4v) is 3.55. The quantitative estimate of drug-likeness (QED) is 0.811. The number of aromatic nitrogens is 1. The van der Waals surface area contributed by atoms with Gasteiger partial charge in [-0.3, -0.25) is 0 Å². The smallest absolute Gasteiger partial charge is 0.171 e. The zero-order valence-corrected chi connectivity index (χ0v) is 14.6. The second-order valence-corrected chi connectivity index (χ2v) is 6.93. The summed E-state index contributed by atoms with van der Waals surface area (Å²) in [5, 5.41) is 7.02. The molecule has 0 saturated heterocycles. The summed E-state index contributed by atoms with van der Waals surface area (Å²) in [4.78, 5) is 4.30. The maximum absolute atomic E-state index is 13.2. The molecule has 2 N–H and O–H groups in total. The maximum atomic E-state index is 13.2. The third kappa shape index (κ3) is 3.90. The highest BCUT2D eigenvalue weighted by Crippen LogP contribution is 2.40. The van der Waals surface area contributed by atoms with Crippen molar-refractivity contribution in [2.45, 2.75) is 38.0 Å². The minimum absolute atomic E-state index is 0.0279. The van der Waals surface area contributed by atoms with Gasteiger partial charge in [-0.05, 0) is 61.3 Å². The Balaban J connectivity index is 1.65. The number of nitrogens with zero attached hydrogens (tertiary/aromatic N) is 1. The summed E-state index contributed by atoms with van der Waals surface area (Å²) < 4.78 is 13.2. The molecular weight excluding hydrogens is 321 g/mol. The van der Waals surface area contributed by atoms with Crippen LogP contribution in [0.15, 0.2) is 42.6 Å². The van der Waals surface area contributed by atoms with Crippen molar-refractivity contribution in [2.75, 3.05) is 11.9 Å². The molecule has 0 radical (unpaired) electrons. The Morgan fingerprint density at radius 3 is 2.50 bits per heavy atom. The highest BCUT2D eigenvalue weighted by molar-refractivity contribution is 7.80. The third-order valence-corrected chi connectivity index (χ3v) is 5.00. The van der Waals surface area contributed by atoms with Gasteiger partial charge >= 0.3 is 0 Å². The molecule has 5 heteroatoms. The molecule has 1 aromatic heterocycles. The molecule has 0 bridgehead atoms. The summed E-state index contributed by atoms with van der Waals surface area (Å²) in [6, 6.07) is 10.8. The van der Waals surface area contributed by atoms with Gasteiger partial charge in [0, 0.05) is 18.2 Å². The number of anilines is 1. The Bertz CT molecular complexity index is 692. The van der Waals surface area contributed by atoms with Gasteiger partial charge in [-0.15, -0.1) is 0 Å². The van der Waals surface area contributed by atoms with Gasteiger partial charge in [-0.2, -0.15) is 0 Å². The molecule has 3 nitrogen and oxygen atoms in total. The van der Waals surface area contributed by atoms with Crippen LogP contribution in [-0.4, -0.2) is 16.6 Å². The minimum Gasteiger partial charge on any atom is -0.362 e. The van der Waals surface area contributed by atoms with E-state index in [2.05, 4.69) is 15.6 Å². The maximum Gasteiger partial charge on any atom is 0.171 e. The van der Waals surface area contributed by atoms with Crippen molar-refractivity contribution in [3.63, 3.8) is 0 Å². The van der Waals surface area contributed by atoms with Crippen LogP contribution in [0.2, 0.25) is 0 Å². The van der Waals surface area contributed by atoms with Crippen molar-refractivity contribution < 1.29 is 4.39 Å². The summed E-state index contributed by atoms with van der Waals surface area (Å²) in [6.07, 6.45) is 6.38. The number of rotatable bonds is 4. The second kappa shape index (κ2) is 7.26. The van der Waals surface area contributed by atoms with Crippen molar-refractivity contribution in [3.8, 4) is 0 Å². The first kappa shape index (κ1) is 16.8. The molecule has 2 aromatic rings. The van der Waals surface area contributed by atoms with Crippen LogP contribution >= 0.6 is 12.2 Å². The van der Waals surface area contributed by atoms with Crippen LogP contribution in [0.3, 0.4) is 0 Å². The number of thiocarbonyl (C=S) groups is 1. The average molecular weight is 343 g/mol. The molecule has 1 heterocycles. The van der Waals surface area contributed by atoms with Crippen molar-refractivity contribution >= 4 is 23.1 Å². The molecule has 0 aliphatic heterocycles. The molecule has 0 amide bonds. The first-order valence-electron chi connectivity index (χ1n) is 8.31. The van der Waals surface area contributed by atoms with E-state index in [0.29, 0.717) is 5.11 Å². The standard InChI is InChI=1S/C19H22FN3S/c1-14-4-9-17(21-12-14)23-18(24)22-13-19(10-2-3-11-19)15-5-7-16(20)8-6-15/h4-9,12H,2-3,10-11,13H2,1H3,(H2,21,22,23,24). The van der Waals surface area contributed by atoms with Gasteiger partial charge in [0.25, 0.3) is 0 Å². The van der Waals surface area contributed by atoms with E-state index >= 15 is 0 Å². The van der Waals surface area contributed by atoms with Crippen LogP contribution in [0.25, 0.3) is 0 Å². The highest BCUT2D eigenvalue weighted by Gasteiger charge is 2.35. The number of hydrogen-bond donors (Lipinski definition) is 2. The Labute approximate surface area is 147 Å². The fourth-order valence-electron chi connectivity index (χ4n) is 3.37. The van der Waals surface area contributed by atoms with E-state index < -0.39 is 0 Å². The molecular formula is C19H22FN3S. The molecule has 1 saturated carbocycles. The topological polar surface area (TPSA) is 37.0 Å². The normalized spacial score (nSPS) is 15.9. The van der Waals surface area contributed by atoms with Gasteiger partial charge in [0.15, 0.2) is 5.11 Å². The monoisotopic (exact) mass is 343 g/mol. The molecule has 126 valence electrons. The zero-order valence-electron chi connectivity index (χ0n) is 13.8. The first-order valence-corrected chi connectivity index (χ1v) is 8.72. The molecule has 1 aromatic carbocycles. The molecule has 0 spiro atoms. The number of nitrogens with one attached hydrogen (secondary N) is 2. The molecule has 3 rings (SSSR count). The van der Waals surface area contributed by atoms with E-state index in [0.717, 1.165) is 30.8 Å². The molecule has 0 unspecified atom stereocenters. The summed E-state index contributed by atoms with van der Waals surface area (Å²) in [5.74, 6) is 0.544. The van der Waals surface area contributed by atoms with E-state index in [-0.39, 0.29) is 11.2 Å². The Kier molecular flexibility index (Phi) is 5.09. The molecule has 0 atom stereocenters. The van der Waals surface area contributed by atoms with Gasteiger partial charge in [0.05, 0.1) is 0 Å². The SMILES string of the molecule is Cc1ccc(NC(=S)NCC2(c3ccc(F)cc3)CCCC2)nc1. The Morgan fingerprint density at radius 2 is 1.88 bits per heavy atom. The van der Waals surface area contributed by atoms with Crippen molar-refractivity contribution in [3.05, 3.63) is 59.5 Å². The predicted octanol–water partition coefficient (Wildman–Crippen LogP) is 4.33. The first-order chi connectivity index (χ1) is 11.6. The lowest BCUT2D eigenvalue weighted by atomic mass is 9.79. The summed E-state index contributed by atoms with van der Waals surface area (Å²) >= 11 is 5.40. The summed E-state index contributed by atoms with van der Waals surface area (Å²) in [7, 11) is 0. The number of hydrogen-bond acceptors (Lipinski definition) is 2. The van der Waals surface area contributed by atoms with Gasteiger partial charge in [0.2, 0.25) is 0 Å². The van der Waals surface area contributed by atoms with E-state index in [4.69, 9.17) is 12.2 Å². The predicted molar refractivity (Wildman–Crippen MR) is 99.7 cm³/mol. The largest absolute Gasteiger partial charge is 0.362 e. The highest BCUT2D eigenvalue weighted by atomic mass is 32.1. The zero-order chi connectivity index (χ0) is 17.0. The molecule has 1 aliphatic carbocycles. The lowest BCUT2D eigenvalue weighted by Gasteiger charge is -2.30. The molecule has 1 fully saturated rings. The van der Waals surface area contributed by atoms with Crippen LogP contribution in [0.1, 0.15) is 36.8 Å². The van der Waals surface area contributed by atoms with Gasteiger partial charge in [-0.25, -0.2) is 9.37 Å². The molecule has 1 aliphatic rings. The van der Waals surface area contributed by atoms with E-state index in [1.54, 1.807) is 12.1 Å². The number of aryl methyl sites for hydroxylation is 1. The second-order valence-electron chi connectivity index (χ2n) is 6.52. The Hall–Kier alpha value is -2.01. The van der Waals surface area contributed by atoms with Crippen molar-refractivity contribution in [2.24, 2.45) is 0 Å². The van der Waals surface area contributed by atoms with E-state index in [9.17, 15) is 4.39 Å². The summed E-state index contributed by atoms with van der Waals surface area (Å²) in [6.45, 7) is 2.75. The van der Waals surface area contributed by atoms with Crippen LogP contribution in [0.4, 0.5) is 10.2 Å². The van der Waals surface area contributed by atoms with Crippen LogP contribution in [0, 0.1) is 12.7 Å². The van der Waals surface area contributed by atoms with Crippen molar-refractivity contribution in [1.82, 2.24) is 10.3 Å². The fraction of sp³-hybridized carbons (Fsp3) is 0.368. The number of pyridine rings is 1. The van der Waals surface area contributed by atoms with E-state index in [1.807, 2.05) is 37.4 Å². The average Bonchev–Trinajstić information content (AvgIpc) is 3.06. The third-order valence-electron chi connectivity index (χ3n) is 4.76. The number of benzene rings is 1. The summed E-state index contributed by atoms with van der Waals surface area (Å²) in [5.41, 5.74) is 2.32. The minimum atomic E-state index is -0.192. The van der Waals surface area contributed by atoms with Crippen molar-refractivity contribution in [1.29, 1.82) is 0 Å². The molecule has 24 heavy (non-hydrogen) atoms. The van der Waals surface area contributed by atoms with E-state index in [1.165, 1.54) is 18.4 Å². The van der Waals surface area contributed by atoms with Crippen LogP contribution < -0.4 is 10.6 Å².